The summed E-state index contributed by atoms with van der Waals surface area (Å²) < 4.78 is 1.78. The highest BCUT2D eigenvalue weighted by atomic mass is 16.3. The minimum Gasteiger partial charge on any atom is -0.387 e. The molecule has 1 aromatic carbocycles. The van der Waals surface area contributed by atoms with E-state index in [2.05, 4.69) is 10.4 Å². The van der Waals surface area contributed by atoms with E-state index in [-0.39, 0.29) is 18.9 Å². The molecule has 1 aromatic heterocycles. The molecule has 5 heteroatoms. The van der Waals surface area contributed by atoms with Gasteiger partial charge in [-0.3, -0.25) is 9.48 Å². The Bertz CT molecular complexity index is 677. The fourth-order valence-electron chi connectivity index (χ4n) is 2.58. The number of aryl methyl sites for hydroxylation is 3. The average Bonchev–Trinajstić information content (AvgIpc) is 2.72. The van der Waals surface area contributed by atoms with Gasteiger partial charge in [0.05, 0.1) is 18.2 Å². The smallest absolute Gasteiger partial charge is 0.224 e. The minimum absolute atomic E-state index is 0.105. The van der Waals surface area contributed by atoms with E-state index < -0.39 is 6.10 Å². The summed E-state index contributed by atoms with van der Waals surface area (Å²) in [6.45, 7) is 6.01. The number of aromatic nitrogens is 2. The van der Waals surface area contributed by atoms with Crippen molar-refractivity contribution in [2.75, 3.05) is 6.54 Å². The number of nitrogens with zero attached hydrogens (tertiary/aromatic N) is 2. The zero-order valence-electron chi connectivity index (χ0n) is 13.6. The third-order valence-electron chi connectivity index (χ3n) is 4.04. The molecule has 0 spiro atoms. The van der Waals surface area contributed by atoms with Gasteiger partial charge in [0.2, 0.25) is 5.91 Å². The molecule has 0 aliphatic heterocycles. The third kappa shape index (κ3) is 3.54. The molecule has 22 heavy (non-hydrogen) atoms. The van der Waals surface area contributed by atoms with E-state index in [1.54, 1.807) is 4.68 Å². The van der Waals surface area contributed by atoms with E-state index in [4.69, 9.17) is 0 Å². The van der Waals surface area contributed by atoms with Gasteiger partial charge in [-0.2, -0.15) is 5.10 Å². The fraction of sp³-hybridized carbons (Fsp3) is 0.412. The monoisotopic (exact) mass is 301 g/mol. The van der Waals surface area contributed by atoms with Gasteiger partial charge in [-0.15, -0.1) is 0 Å². The SMILES string of the molecule is Cc1ccccc1C(O)CNC(=O)Cc1c(C)nn(C)c1C. The first kappa shape index (κ1) is 16.2. The van der Waals surface area contributed by atoms with E-state index in [0.29, 0.717) is 0 Å². The van der Waals surface area contributed by atoms with Crippen molar-refractivity contribution in [2.45, 2.75) is 33.3 Å². The zero-order valence-corrected chi connectivity index (χ0v) is 13.6. The Morgan fingerprint density at radius 3 is 2.59 bits per heavy atom. The van der Waals surface area contributed by atoms with Crippen molar-refractivity contribution in [1.82, 2.24) is 15.1 Å². The molecule has 1 atom stereocenters. The molecular formula is C17H23N3O2. The van der Waals surface area contributed by atoms with Crippen molar-refractivity contribution in [3.05, 3.63) is 52.3 Å². The fourth-order valence-corrected chi connectivity index (χ4v) is 2.58. The van der Waals surface area contributed by atoms with Gasteiger partial charge in [0.15, 0.2) is 0 Å². The van der Waals surface area contributed by atoms with Crippen LogP contribution in [0.5, 0.6) is 0 Å². The Morgan fingerprint density at radius 1 is 1.32 bits per heavy atom. The molecule has 1 heterocycles. The van der Waals surface area contributed by atoms with Crippen LogP contribution in [0.25, 0.3) is 0 Å². The summed E-state index contributed by atoms with van der Waals surface area (Å²) in [7, 11) is 1.87. The average molecular weight is 301 g/mol. The van der Waals surface area contributed by atoms with Gasteiger partial charge in [0.1, 0.15) is 0 Å². The Hall–Kier alpha value is -2.14. The summed E-state index contributed by atoms with van der Waals surface area (Å²) in [5, 5.41) is 17.3. The molecule has 2 aromatic rings. The van der Waals surface area contributed by atoms with Crippen LogP contribution in [0.4, 0.5) is 0 Å². The van der Waals surface area contributed by atoms with Gasteiger partial charge in [-0.05, 0) is 31.9 Å². The summed E-state index contributed by atoms with van der Waals surface area (Å²) >= 11 is 0. The second-order valence-electron chi connectivity index (χ2n) is 5.63. The summed E-state index contributed by atoms with van der Waals surface area (Å²) in [5.41, 5.74) is 4.67. The zero-order chi connectivity index (χ0) is 16.3. The molecule has 0 saturated carbocycles. The number of nitrogens with one attached hydrogen (secondary N) is 1. The number of amides is 1. The summed E-state index contributed by atoms with van der Waals surface area (Å²) in [6.07, 6.45) is -0.410. The highest BCUT2D eigenvalue weighted by molar-refractivity contribution is 5.79. The number of carbonyl (C=O) groups excluding carboxylic acids is 1. The lowest BCUT2D eigenvalue weighted by molar-refractivity contribution is -0.120. The van der Waals surface area contributed by atoms with Crippen molar-refractivity contribution < 1.29 is 9.90 Å². The number of aliphatic hydroxyl groups excluding tert-OH is 1. The Morgan fingerprint density at radius 2 is 2.00 bits per heavy atom. The van der Waals surface area contributed by atoms with Crippen molar-refractivity contribution in [1.29, 1.82) is 0 Å². The van der Waals surface area contributed by atoms with Crippen LogP contribution >= 0.6 is 0 Å². The van der Waals surface area contributed by atoms with Gasteiger partial charge in [-0.25, -0.2) is 0 Å². The Kier molecular flexibility index (Phi) is 4.98. The van der Waals surface area contributed by atoms with E-state index in [1.807, 2.05) is 52.1 Å². The number of rotatable bonds is 5. The summed E-state index contributed by atoms with van der Waals surface area (Å²) in [4.78, 5) is 12.1. The van der Waals surface area contributed by atoms with Crippen molar-refractivity contribution in [2.24, 2.45) is 7.05 Å². The predicted octanol–water partition coefficient (Wildman–Crippen LogP) is 1.74. The standard InChI is InChI=1S/C17H23N3O2/c1-11-7-5-6-8-14(11)16(21)10-18-17(22)9-15-12(2)19-20(4)13(15)3/h5-8,16,21H,9-10H2,1-4H3,(H,18,22). The van der Waals surface area contributed by atoms with Gasteiger partial charge in [-0.1, -0.05) is 24.3 Å². The first-order chi connectivity index (χ1) is 10.4. The van der Waals surface area contributed by atoms with Gasteiger partial charge < -0.3 is 10.4 Å². The molecule has 118 valence electrons. The van der Waals surface area contributed by atoms with Crippen molar-refractivity contribution in [3.63, 3.8) is 0 Å². The normalized spacial score (nSPS) is 12.2. The van der Waals surface area contributed by atoms with Crippen molar-refractivity contribution in [3.8, 4) is 0 Å². The Labute approximate surface area is 131 Å². The molecule has 0 fully saturated rings. The first-order valence-electron chi connectivity index (χ1n) is 7.39. The molecule has 0 bridgehead atoms. The van der Waals surface area contributed by atoms with Gasteiger partial charge >= 0.3 is 0 Å². The molecule has 0 saturated heterocycles. The second kappa shape index (κ2) is 6.75. The van der Waals surface area contributed by atoms with Crippen LogP contribution in [0.1, 0.15) is 34.2 Å². The molecule has 0 radical (unpaired) electrons. The predicted molar refractivity (Wildman–Crippen MR) is 85.5 cm³/mol. The lowest BCUT2D eigenvalue weighted by Gasteiger charge is -2.14. The third-order valence-corrected chi connectivity index (χ3v) is 4.04. The largest absolute Gasteiger partial charge is 0.387 e. The van der Waals surface area contributed by atoms with Gasteiger partial charge in [0, 0.05) is 24.8 Å². The molecule has 0 aliphatic rings. The lowest BCUT2D eigenvalue weighted by atomic mass is 10.0. The quantitative estimate of drug-likeness (QED) is 0.884. The molecular weight excluding hydrogens is 278 g/mol. The first-order valence-corrected chi connectivity index (χ1v) is 7.39. The van der Waals surface area contributed by atoms with Gasteiger partial charge in [0.25, 0.3) is 0 Å². The molecule has 5 nitrogen and oxygen atoms in total. The summed E-state index contributed by atoms with van der Waals surface area (Å²) in [6, 6.07) is 7.64. The second-order valence-corrected chi connectivity index (χ2v) is 5.63. The minimum atomic E-state index is -0.693. The topological polar surface area (TPSA) is 67.2 Å². The van der Waals surface area contributed by atoms with Crippen LogP contribution < -0.4 is 5.32 Å². The number of hydrogen-bond acceptors (Lipinski definition) is 3. The van der Waals surface area contributed by atoms with E-state index in [1.165, 1.54) is 0 Å². The maximum atomic E-state index is 12.1. The molecule has 1 amide bonds. The Balaban J connectivity index is 1.94. The highest BCUT2D eigenvalue weighted by Gasteiger charge is 2.15. The number of hydrogen-bond donors (Lipinski definition) is 2. The van der Waals surface area contributed by atoms with E-state index in [0.717, 1.165) is 28.1 Å². The van der Waals surface area contributed by atoms with Crippen molar-refractivity contribution >= 4 is 5.91 Å². The molecule has 2 rings (SSSR count). The van der Waals surface area contributed by atoms with Crippen LogP contribution in [0.2, 0.25) is 0 Å². The maximum Gasteiger partial charge on any atom is 0.224 e. The lowest BCUT2D eigenvalue weighted by Crippen LogP contribution is -2.30. The van der Waals surface area contributed by atoms with E-state index in [9.17, 15) is 9.90 Å². The molecule has 1 unspecified atom stereocenters. The van der Waals surface area contributed by atoms with Crippen LogP contribution in [-0.2, 0) is 18.3 Å². The number of carbonyl (C=O) groups is 1. The molecule has 0 aliphatic carbocycles. The highest BCUT2D eigenvalue weighted by Crippen LogP contribution is 2.16. The summed E-state index contributed by atoms with van der Waals surface area (Å²) in [5.74, 6) is -0.105. The van der Waals surface area contributed by atoms with Crippen LogP contribution in [-0.4, -0.2) is 27.3 Å². The molecule has 2 N–H and O–H groups in total. The number of benzene rings is 1. The van der Waals surface area contributed by atoms with Crippen LogP contribution in [0.15, 0.2) is 24.3 Å². The maximum absolute atomic E-state index is 12.1. The number of aliphatic hydroxyl groups is 1. The van der Waals surface area contributed by atoms with E-state index >= 15 is 0 Å². The van der Waals surface area contributed by atoms with Crippen LogP contribution in [0.3, 0.4) is 0 Å². The van der Waals surface area contributed by atoms with Crippen LogP contribution in [0, 0.1) is 20.8 Å².